The molecule has 0 aliphatic carbocycles. The summed E-state index contributed by atoms with van der Waals surface area (Å²) in [4.78, 5) is 0.210. The summed E-state index contributed by atoms with van der Waals surface area (Å²) in [7, 11) is 0. The number of aliphatic hydroxyl groups excluding tert-OH is 1. The van der Waals surface area contributed by atoms with Crippen LogP contribution < -0.4 is 0 Å². The summed E-state index contributed by atoms with van der Waals surface area (Å²) in [6, 6.07) is -0.0116. The van der Waals surface area contributed by atoms with Gasteiger partial charge in [-0.05, 0) is 13.8 Å². The molecule has 0 bridgehead atoms. The van der Waals surface area contributed by atoms with Crippen molar-refractivity contribution in [3.05, 3.63) is 11.9 Å². The predicted octanol–water partition coefficient (Wildman–Crippen LogP) is 1.29. The van der Waals surface area contributed by atoms with Crippen molar-refractivity contribution in [2.45, 2.75) is 24.7 Å². The highest BCUT2D eigenvalue weighted by Gasteiger charge is 2.13. The molecule has 0 aliphatic heterocycles. The van der Waals surface area contributed by atoms with Gasteiger partial charge in [0.2, 0.25) is 0 Å². The number of rotatable bonds is 3. The molecule has 0 amide bonds. The Morgan fingerprint density at radius 2 is 2.33 bits per heavy atom. The van der Waals surface area contributed by atoms with Gasteiger partial charge in [-0.1, -0.05) is 21.1 Å². The van der Waals surface area contributed by atoms with E-state index in [4.69, 9.17) is 5.11 Å². The van der Waals surface area contributed by atoms with Crippen molar-refractivity contribution in [2.75, 3.05) is 6.61 Å². The van der Waals surface area contributed by atoms with E-state index in [0.29, 0.717) is 0 Å². The van der Waals surface area contributed by atoms with Crippen molar-refractivity contribution in [3.8, 4) is 0 Å². The zero-order valence-electron chi connectivity index (χ0n) is 7.11. The van der Waals surface area contributed by atoms with E-state index in [2.05, 4.69) is 26.2 Å². The van der Waals surface area contributed by atoms with E-state index in [1.54, 1.807) is 10.9 Å². The molecule has 68 valence electrons. The molecule has 4 nitrogen and oxygen atoms in total. The van der Waals surface area contributed by atoms with Gasteiger partial charge < -0.3 is 5.11 Å². The fraction of sp³-hybridized carbons (Fsp3) is 0.714. The van der Waals surface area contributed by atoms with Gasteiger partial charge in [-0.2, -0.15) is 0 Å². The zero-order chi connectivity index (χ0) is 9.14. The zero-order valence-corrected chi connectivity index (χ0v) is 8.69. The maximum Gasteiger partial charge on any atom is 0.0743 e. The van der Waals surface area contributed by atoms with Crippen molar-refractivity contribution in [2.24, 2.45) is 0 Å². The van der Waals surface area contributed by atoms with Gasteiger partial charge in [0.15, 0.2) is 0 Å². The summed E-state index contributed by atoms with van der Waals surface area (Å²) in [5.41, 5.74) is 0.983. The standard InChI is InChI=1S/C7H12BrN3O/c1-5(4-12)11-7(6(2)8)3-9-10-11/h3,5-6,12H,4H2,1-2H3. The first-order valence-corrected chi connectivity index (χ1v) is 4.73. The van der Waals surface area contributed by atoms with Crippen LogP contribution in [-0.4, -0.2) is 26.7 Å². The lowest BCUT2D eigenvalue weighted by atomic mass is 10.3. The Balaban J connectivity index is 2.91. The molecule has 5 heteroatoms. The fourth-order valence-electron chi connectivity index (χ4n) is 0.956. The quantitative estimate of drug-likeness (QED) is 0.801. The summed E-state index contributed by atoms with van der Waals surface area (Å²) < 4.78 is 1.72. The van der Waals surface area contributed by atoms with Crippen molar-refractivity contribution in [3.63, 3.8) is 0 Å². The minimum atomic E-state index is -0.0116. The fourth-order valence-corrected chi connectivity index (χ4v) is 1.28. The summed E-state index contributed by atoms with van der Waals surface area (Å²) in [6.07, 6.45) is 1.70. The molecule has 0 radical (unpaired) electrons. The van der Waals surface area contributed by atoms with Crippen LogP contribution in [0.4, 0.5) is 0 Å². The molecule has 12 heavy (non-hydrogen) atoms. The summed E-state index contributed by atoms with van der Waals surface area (Å²) in [5.74, 6) is 0. The average Bonchev–Trinajstić information content (AvgIpc) is 2.50. The van der Waals surface area contributed by atoms with E-state index in [1.807, 2.05) is 13.8 Å². The predicted molar refractivity (Wildman–Crippen MR) is 49.2 cm³/mol. The lowest BCUT2D eigenvalue weighted by Gasteiger charge is -2.12. The molecular weight excluding hydrogens is 222 g/mol. The van der Waals surface area contributed by atoms with E-state index in [-0.39, 0.29) is 17.5 Å². The second-order valence-corrected chi connectivity index (χ2v) is 4.12. The Labute approximate surface area is 79.7 Å². The SMILES string of the molecule is CC(Br)c1cnnn1C(C)CO. The highest BCUT2D eigenvalue weighted by Crippen LogP contribution is 2.22. The maximum absolute atomic E-state index is 8.91. The lowest BCUT2D eigenvalue weighted by molar-refractivity contribution is 0.225. The first kappa shape index (κ1) is 9.67. The number of aliphatic hydroxyl groups is 1. The molecular formula is C7H12BrN3O. The van der Waals surface area contributed by atoms with E-state index < -0.39 is 0 Å². The van der Waals surface area contributed by atoms with Crippen LogP contribution in [0.3, 0.4) is 0 Å². The normalized spacial score (nSPS) is 16.0. The van der Waals surface area contributed by atoms with Gasteiger partial charge in [-0.15, -0.1) is 5.10 Å². The molecule has 1 aromatic heterocycles. The topological polar surface area (TPSA) is 50.9 Å². The Hall–Kier alpha value is -0.420. The monoisotopic (exact) mass is 233 g/mol. The number of hydrogen-bond donors (Lipinski definition) is 1. The number of aromatic nitrogens is 3. The van der Waals surface area contributed by atoms with Crippen molar-refractivity contribution in [1.29, 1.82) is 0 Å². The van der Waals surface area contributed by atoms with Crippen LogP contribution in [0.1, 0.15) is 30.4 Å². The van der Waals surface area contributed by atoms with Crippen LogP contribution in [0.25, 0.3) is 0 Å². The second-order valence-electron chi connectivity index (χ2n) is 2.75. The Bertz CT molecular complexity index is 249. The van der Waals surface area contributed by atoms with Crippen LogP contribution in [0.2, 0.25) is 0 Å². The largest absolute Gasteiger partial charge is 0.394 e. The molecule has 2 atom stereocenters. The van der Waals surface area contributed by atoms with Gasteiger partial charge in [0.25, 0.3) is 0 Å². The van der Waals surface area contributed by atoms with Gasteiger partial charge in [-0.3, -0.25) is 0 Å². The van der Waals surface area contributed by atoms with E-state index in [0.717, 1.165) is 5.69 Å². The molecule has 0 aromatic carbocycles. The molecule has 0 aliphatic rings. The third-order valence-electron chi connectivity index (χ3n) is 1.69. The first-order valence-electron chi connectivity index (χ1n) is 3.81. The second kappa shape index (κ2) is 4.00. The van der Waals surface area contributed by atoms with Gasteiger partial charge >= 0.3 is 0 Å². The molecule has 1 heterocycles. The highest BCUT2D eigenvalue weighted by molar-refractivity contribution is 9.09. The molecule has 2 unspecified atom stereocenters. The van der Waals surface area contributed by atoms with Crippen LogP contribution >= 0.6 is 15.9 Å². The smallest absolute Gasteiger partial charge is 0.0743 e. The summed E-state index contributed by atoms with van der Waals surface area (Å²) >= 11 is 3.43. The maximum atomic E-state index is 8.91. The van der Waals surface area contributed by atoms with Gasteiger partial charge in [0.05, 0.1) is 29.4 Å². The van der Waals surface area contributed by atoms with E-state index in [1.165, 1.54) is 0 Å². The molecule has 1 N–H and O–H groups in total. The van der Waals surface area contributed by atoms with Crippen LogP contribution in [0.5, 0.6) is 0 Å². The molecule has 0 spiro atoms. The third kappa shape index (κ3) is 1.84. The Morgan fingerprint density at radius 3 is 2.83 bits per heavy atom. The minimum Gasteiger partial charge on any atom is -0.394 e. The van der Waals surface area contributed by atoms with Crippen LogP contribution in [0, 0.1) is 0 Å². The number of hydrogen-bond acceptors (Lipinski definition) is 3. The lowest BCUT2D eigenvalue weighted by Crippen LogP contribution is -2.14. The van der Waals surface area contributed by atoms with Crippen molar-refractivity contribution in [1.82, 2.24) is 15.0 Å². The van der Waals surface area contributed by atoms with Crippen molar-refractivity contribution < 1.29 is 5.11 Å². The molecule has 0 saturated carbocycles. The highest BCUT2D eigenvalue weighted by atomic mass is 79.9. The van der Waals surface area contributed by atoms with Crippen LogP contribution in [-0.2, 0) is 0 Å². The molecule has 1 aromatic rings. The third-order valence-corrected chi connectivity index (χ3v) is 2.16. The minimum absolute atomic E-state index is 0.0116. The average molecular weight is 234 g/mol. The van der Waals surface area contributed by atoms with Gasteiger partial charge in [-0.25, -0.2) is 4.68 Å². The van der Waals surface area contributed by atoms with Crippen molar-refractivity contribution >= 4 is 15.9 Å². The molecule has 1 rings (SSSR count). The number of alkyl halides is 1. The number of halogens is 1. The summed E-state index contributed by atoms with van der Waals surface area (Å²) in [6.45, 7) is 3.98. The van der Waals surface area contributed by atoms with Crippen LogP contribution in [0.15, 0.2) is 6.20 Å². The molecule has 0 saturated heterocycles. The molecule has 0 fully saturated rings. The Morgan fingerprint density at radius 1 is 1.67 bits per heavy atom. The first-order chi connectivity index (χ1) is 5.66. The Kier molecular flexibility index (Phi) is 3.22. The van der Waals surface area contributed by atoms with Gasteiger partial charge in [0.1, 0.15) is 0 Å². The van der Waals surface area contributed by atoms with Gasteiger partial charge in [0, 0.05) is 0 Å². The van der Waals surface area contributed by atoms with E-state index >= 15 is 0 Å². The summed E-state index contributed by atoms with van der Waals surface area (Å²) in [5, 5.41) is 16.6. The van der Waals surface area contributed by atoms with E-state index in [9.17, 15) is 0 Å². The number of nitrogens with zero attached hydrogens (tertiary/aromatic N) is 3.